The smallest absolute Gasteiger partial charge is 0.0948 e. The summed E-state index contributed by atoms with van der Waals surface area (Å²) in [6, 6.07) is 18.5. The molecule has 108 valence electrons. The third kappa shape index (κ3) is 2.71. The Morgan fingerprint density at radius 2 is 1.76 bits per heavy atom. The molecular weight excluding hydrogens is 278 g/mol. The molecule has 3 heteroatoms. The molecule has 0 saturated heterocycles. The molecule has 1 N–H and O–H groups in total. The molecule has 0 bridgehead atoms. The zero-order chi connectivity index (χ0) is 14.7. The third-order valence-corrected chi connectivity index (χ3v) is 5.23. The van der Waals surface area contributed by atoms with E-state index >= 15 is 0 Å². The van der Waals surface area contributed by atoms with Gasteiger partial charge < -0.3 is 5.11 Å². The molecule has 1 heterocycles. The summed E-state index contributed by atoms with van der Waals surface area (Å²) in [5.74, 6) is 0. The molecule has 3 rings (SSSR count). The van der Waals surface area contributed by atoms with Gasteiger partial charge in [0.05, 0.1) is 21.8 Å². The molecule has 21 heavy (non-hydrogen) atoms. The van der Waals surface area contributed by atoms with E-state index in [2.05, 4.69) is 25.1 Å². The number of aromatic nitrogens is 1. The molecule has 1 aromatic heterocycles. The number of hydrogen-bond donors (Lipinski definition) is 1. The number of para-hydroxylation sites is 1. The van der Waals surface area contributed by atoms with Crippen LogP contribution in [-0.4, -0.2) is 16.7 Å². The molecule has 3 aromatic rings. The number of benzene rings is 2. The van der Waals surface area contributed by atoms with Gasteiger partial charge >= 0.3 is 0 Å². The van der Waals surface area contributed by atoms with Gasteiger partial charge in [0.25, 0.3) is 0 Å². The van der Waals surface area contributed by atoms with Crippen molar-refractivity contribution in [2.45, 2.75) is 25.2 Å². The Bertz CT molecular complexity index is 683. The van der Waals surface area contributed by atoms with Gasteiger partial charge in [0, 0.05) is 11.8 Å². The lowest BCUT2D eigenvalue weighted by molar-refractivity contribution is 0.186. The average molecular weight is 297 g/mol. The van der Waals surface area contributed by atoms with Crippen molar-refractivity contribution < 1.29 is 5.11 Å². The van der Waals surface area contributed by atoms with Gasteiger partial charge in [0.2, 0.25) is 0 Å². The fourth-order valence-corrected chi connectivity index (χ4v) is 3.88. The van der Waals surface area contributed by atoms with Crippen molar-refractivity contribution in [3.8, 4) is 0 Å². The minimum atomic E-state index is -0.241. The van der Waals surface area contributed by atoms with Crippen LogP contribution in [0.5, 0.6) is 0 Å². The lowest BCUT2D eigenvalue weighted by atomic mass is 9.76. The molecule has 2 nitrogen and oxygen atoms in total. The normalized spacial score (nSPS) is 14.2. The van der Waals surface area contributed by atoms with Crippen LogP contribution in [0, 0.1) is 0 Å². The fourth-order valence-electron chi connectivity index (χ4n) is 2.77. The van der Waals surface area contributed by atoms with Crippen LogP contribution in [0.25, 0.3) is 10.2 Å². The fraction of sp³-hybridized carbons (Fsp3) is 0.278. The first kappa shape index (κ1) is 14.2. The number of rotatable bonds is 5. The monoisotopic (exact) mass is 297 g/mol. The van der Waals surface area contributed by atoms with E-state index in [1.807, 2.05) is 36.4 Å². The maximum Gasteiger partial charge on any atom is 0.0948 e. The van der Waals surface area contributed by atoms with Gasteiger partial charge in [-0.15, -0.1) is 11.3 Å². The Hall–Kier alpha value is -1.71. The van der Waals surface area contributed by atoms with Crippen molar-refractivity contribution in [3.63, 3.8) is 0 Å². The van der Waals surface area contributed by atoms with Gasteiger partial charge in [-0.3, -0.25) is 0 Å². The molecule has 0 aliphatic carbocycles. The number of nitrogens with zero attached hydrogens (tertiary/aromatic N) is 1. The van der Waals surface area contributed by atoms with Gasteiger partial charge in [-0.1, -0.05) is 49.4 Å². The minimum Gasteiger partial charge on any atom is -0.395 e. The first-order valence-electron chi connectivity index (χ1n) is 7.28. The van der Waals surface area contributed by atoms with Gasteiger partial charge in [0.1, 0.15) is 0 Å². The zero-order valence-electron chi connectivity index (χ0n) is 12.1. The van der Waals surface area contributed by atoms with E-state index in [4.69, 9.17) is 4.98 Å². The summed E-state index contributed by atoms with van der Waals surface area (Å²) < 4.78 is 1.21. The Balaban J connectivity index is 1.98. The van der Waals surface area contributed by atoms with Crippen molar-refractivity contribution in [2.75, 3.05) is 6.61 Å². The first-order valence-corrected chi connectivity index (χ1v) is 8.10. The zero-order valence-corrected chi connectivity index (χ0v) is 12.9. The van der Waals surface area contributed by atoms with Crippen LogP contribution in [0.4, 0.5) is 0 Å². The van der Waals surface area contributed by atoms with Crippen LogP contribution in [0.15, 0.2) is 54.6 Å². The molecule has 1 unspecified atom stereocenters. The highest BCUT2D eigenvalue weighted by Crippen LogP contribution is 2.34. The quantitative estimate of drug-likeness (QED) is 0.766. The standard InChI is InChI=1S/C18H19NOS/c1-2-18(13-20,14-8-4-3-5-9-14)12-17-19-15-10-6-7-11-16(15)21-17/h3-11,20H,2,12-13H2,1H3. The largest absolute Gasteiger partial charge is 0.395 e. The summed E-state index contributed by atoms with van der Waals surface area (Å²) >= 11 is 1.73. The number of fused-ring (bicyclic) bond motifs is 1. The summed E-state index contributed by atoms with van der Waals surface area (Å²) in [6.45, 7) is 2.28. The molecule has 0 aliphatic heterocycles. The van der Waals surface area contributed by atoms with Crippen molar-refractivity contribution in [1.82, 2.24) is 4.98 Å². The van der Waals surface area contributed by atoms with Crippen LogP contribution < -0.4 is 0 Å². The highest BCUT2D eigenvalue weighted by atomic mass is 32.1. The summed E-state index contributed by atoms with van der Waals surface area (Å²) in [5, 5.41) is 11.1. The van der Waals surface area contributed by atoms with E-state index in [0.717, 1.165) is 23.4 Å². The number of hydrogen-bond acceptors (Lipinski definition) is 3. The molecule has 0 saturated carbocycles. The first-order chi connectivity index (χ1) is 10.3. The summed E-state index contributed by atoms with van der Waals surface area (Å²) in [5.41, 5.74) is 2.00. The van der Waals surface area contributed by atoms with Gasteiger partial charge in [-0.25, -0.2) is 4.98 Å². The van der Waals surface area contributed by atoms with E-state index in [-0.39, 0.29) is 12.0 Å². The lowest BCUT2D eigenvalue weighted by Crippen LogP contribution is -2.32. The van der Waals surface area contributed by atoms with Crippen LogP contribution in [0.2, 0.25) is 0 Å². The second-order valence-electron chi connectivity index (χ2n) is 5.41. The van der Waals surface area contributed by atoms with Crippen LogP contribution in [-0.2, 0) is 11.8 Å². The topological polar surface area (TPSA) is 33.1 Å². The SMILES string of the molecule is CCC(CO)(Cc1nc2ccccc2s1)c1ccccc1. The number of aliphatic hydroxyl groups is 1. The maximum atomic E-state index is 10.0. The van der Waals surface area contributed by atoms with E-state index in [0.29, 0.717) is 0 Å². The Labute approximate surface area is 129 Å². The second-order valence-corrected chi connectivity index (χ2v) is 6.53. The number of aliphatic hydroxyl groups excluding tert-OH is 1. The van der Waals surface area contributed by atoms with Crippen molar-refractivity contribution in [3.05, 3.63) is 65.2 Å². The minimum absolute atomic E-state index is 0.142. The average Bonchev–Trinajstić information content (AvgIpc) is 2.96. The van der Waals surface area contributed by atoms with Crippen molar-refractivity contribution in [1.29, 1.82) is 0 Å². The molecule has 0 spiro atoms. The van der Waals surface area contributed by atoms with E-state index in [1.165, 1.54) is 10.3 Å². The molecule has 2 aromatic carbocycles. The van der Waals surface area contributed by atoms with E-state index in [1.54, 1.807) is 11.3 Å². The molecule has 0 amide bonds. The van der Waals surface area contributed by atoms with Crippen molar-refractivity contribution >= 4 is 21.6 Å². The summed E-state index contributed by atoms with van der Waals surface area (Å²) in [6.07, 6.45) is 1.67. The van der Waals surface area contributed by atoms with Gasteiger partial charge in [-0.2, -0.15) is 0 Å². The third-order valence-electron chi connectivity index (χ3n) is 4.19. The lowest BCUT2D eigenvalue weighted by Gasteiger charge is -2.30. The highest BCUT2D eigenvalue weighted by Gasteiger charge is 2.31. The van der Waals surface area contributed by atoms with Crippen LogP contribution in [0.1, 0.15) is 23.9 Å². The van der Waals surface area contributed by atoms with E-state index in [9.17, 15) is 5.11 Å². The van der Waals surface area contributed by atoms with Crippen molar-refractivity contribution in [2.24, 2.45) is 0 Å². The van der Waals surface area contributed by atoms with Gasteiger partial charge in [0.15, 0.2) is 0 Å². The van der Waals surface area contributed by atoms with Gasteiger partial charge in [-0.05, 0) is 24.1 Å². The Morgan fingerprint density at radius 1 is 1.05 bits per heavy atom. The molecule has 1 atom stereocenters. The Morgan fingerprint density at radius 3 is 2.43 bits per heavy atom. The molecule has 0 fully saturated rings. The van der Waals surface area contributed by atoms with E-state index < -0.39 is 0 Å². The summed E-state index contributed by atoms with van der Waals surface area (Å²) in [4.78, 5) is 4.73. The predicted molar refractivity (Wildman–Crippen MR) is 88.8 cm³/mol. The van der Waals surface area contributed by atoms with Crippen LogP contribution in [0.3, 0.4) is 0 Å². The molecular formula is C18H19NOS. The predicted octanol–water partition coefficient (Wildman–Crippen LogP) is 4.18. The molecule has 0 radical (unpaired) electrons. The Kier molecular flexibility index (Phi) is 4.04. The second kappa shape index (κ2) is 5.96. The molecule has 0 aliphatic rings. The van der Waals surface area contributed by atoms with Crippen LogP contribution >= 0.6 is 11.3 Å². The summed E-state index contributed by atoms with van der Waals surface area (Å²) in [7, 11) is 0. The maximum absolute atomic E-state index is 10.0. The highest BCUT2D eigenvalue weighted by molar-refractivity contribution is 7.18. The number of thiazole rings is 1.